The molecule has 2 aromatic carbocycles. The van der Waals surface area contributed by atoms with Gasteiger partial charge >= 0.3 is 0 Å². The van der Waals surface area contributed by atoms with Crippen LogP contribution < -0.4 is 14.8 Å². The summed E-state index contributed by atoms with van der Waals surface area (Å²) in [6.45, 7) is 6.05. The van der Waals surface area contributed by atoms with Crippen molar-refractivity contribution >= 4 is 11.8 Å². The zero-order chi connectivity index (χ0) is 20.3. The average molecular weight is 413 g/mol. The monoisotopic (exact) mass is 412 g/mol. The number of methoxy groups -OCH3 is 1. The van der Waals surface area contributed by atoms with Crippen LogP contribution >= 0.6 is 11.8 Å². The number of tetrazole rings is 1. The summed E-state index contributed by atoms with van der Waals surface area (Å²) in [7, 11) is 1.66. The van der Waals surface area contributed by atoms with Gasteiger partial charge in [0.1, 0.15) is 13.2 Å². The molecule has 152 valence electrons. The highest BCUT2D eigenvalue weighted by molar-refractivity contribution is 7.99. The molecule has 0 amide bonds. The largest absolute Gasteiger partial charge is 0.493 e. The number of hydrogen-bond acceptors (Lipinski definition) is 6. The number of hydrogen-bond donors (Lipinski definition) is 1. The van der Waals surface area contributed by atoms with Crippen LogP contribution in [0.1, 0.15) is 12.0 Å². The van der Waals surface area contributed by atoms with Crippen LogP contribution in [0.3, 0.4) is 0 Å². The summed E-state index contributed by atoms with van der Waals surface area (Å²) >= 11 is 1.67. The van der Waals surface area contributed by atoms with Gasteiger partial charge in [0.2, 0.25) is 5.16 Å². The van der Waals surface area contributed by atoms with E-state index in [-0.39, 0.29) is 0 Å². The molecule has 0 aliphatic carbocycles. The summed E-state index contributed by atoms with van der Waals surface area (Å²) in [5.41, 5.74) is 2.18. The summed E-state index contributed by atoms with van der Waals surface area (Å²) in [5, 5.41) is 15.1. The number of ether oxygens (including phenoxy) is 2. The van der Waals surface area contributed by atoms with E-state index in [1.54, 1.807) is 29.6 Å². The number of thioether (sulfide) groups is 1. The predicted molar refractivity (Wildman–Crippen MR) is 114 cm³/mol. The Labute approximate surface area is 175 Å². The lowest BCUT2D eigenvalue weighted by atomic mass is 10.2. The van der Waals surface area contributed by atoms with Crippen molar-refractivity contribution in [1.82, 2.24) is 20.2 Å². The molecular formula is C21H26N5O2S+. The highest BCUT2D eigenvalue weighted by atomic mass is 32.2. The van der Waals surface area contributed by atoms with E-state index >= 15 is 0 Å². The molecule has 0 atom stereocenters. The number of rotatable bonds is 12. The molecule has 1 heterocycles. The fourth-order valence-corrected chi connectivity index (χ4v) is 3.62. The van der Waals surface area contributed by atoms with Gasteiger partial charge in [0.05, 0.1) is 19.3 Å². The van der Waals surface area contributed by atoms with Gasteiger partial charge in [-0.2, -0.15) is 4.68 Å². The molecule has 3 aromatic rings. The number of nitrogens with two attached hydrogens (primary N) is 1. The Balaban J connectivity index is 1.41. The quantitative estimate of drug-likeness (QED) is 0.280. The number of aromatic nitrogens is 4. The first-order chi connectivity index (χ1) is 14.3. The summed E-state index contributed by atoms with van der Waals surface area (Å²) in [6, 6.07) is 16.0. The van der Waals surface area contributed by atoms with Gasteiger partial charge in [0.15, 0.2) is 11.5 Å². The zero-order valence-electron chi connectivity index (χ0n) is 16.5. The molecular weight excluding hydrogens is 386 g/mol. The SMILES string of the molecule is C=CCOc1ccc(C[NH2+]CCCSc2nnnn2-c2ccccc2)cc1OC. The van der Waals surface area contributed by atoms with Crippen LogP contribution in [-0.4, -0.2) is 46.2 Å². The minimum Gasteiger partial charge on any atom is -0.493 e. The molecule has 0 bridgehead atoms. The van der Waals surface area contributed by atoms with E-state index in [1.165, 1.54) is 5.56 Å². The Morgan fingerprint density at radius 3 is 2.83 bits per heavy atom. The lowest BCUT2D eigenvalue weighted by molar-refractivity contribution is -0.670. The van der Waals surface area contributed by atoms with Gasteiger partial charge in [-0.15, -0.1) is 5.10 Å². The summed E-state index contributed by atoms with van der Waals surface area (Å²) < 4.78 is 12.8. The number of benzene rings is 2. The Morgan fingerprint density at radius 1 is 1.17 bits per heavy atom. The Bertz CT molecular complexity index is 901. The first-order valence-corrected chi connectivity index (χ1v) is 10.5. The van der Waals surface area contributed by atoms with Crippen molar-refractivity contribution in [3.63, 3.8) is 0 Å². The average Bonchev–Trinajstić information content (AvgIpc) is 3.24. The van der Waals surface area contributed by atoms with E-state index in [2.05, 4.69) is 33.5 Å². The van der Waals surface area contributed by atoms with E-state index in [0.29, 0.717) is 6.61 Å². The van der Waals surface area contributed by atoms with Gasteiger partial charge < -0.3 is 14.8 Å². The van der Waals surface area contributed by atoms with Crippen LogP contribution in [0.15, 0.2) is 66.3 Å². The summed E-state index contributed by atoms with van der Waals surface area (Å²) in [5.74, 6) is 2.45. The standard InChI is InChI=1S/C21H25N5O2S/c1-3-13-28-19-11-10-17(15-20(19)27-2)16-22-12-7-14-29-21-23-24-25-26(21)18-8-5-4-6-9-18/h3-6,8-11,15,22H,1,7,12-14,16H2,2H3/p+1. The van der Waals surface area contributed by atoms with Gasteiger partial charge in [-0.25, -0.2) is 0 Å². The second kappa shape index (κ2) is 11.2. The topological polar surface area (TPSA) is 78.7 Å². The third-order valence-corrected chi connectivity index (χ3v) is 5.20. The highest BCUT2D eigenvalue weighted by Crippen LogP contribution is 2.27. The van der Waals surface area contributed by atoms with Crippen molar-refractivity contribution in [2.45, 2.75) is 18.1 Å². The molecule has 2 N–H and O–H groups in total. The molecule has 0 spiro atoms. The van der Waals surface area contributed by atoms with E-state index in [0.717, 1.165) is 47.6 Å². The van der Waals surface area contributed by atoms with Crippen LogP contribution in [-0.2, 0) is 6.54 Å². The van der Waals surface area contributed by atoms with Crippen molar-refractivity contribution < 1.29 is 14.8 Å². The normalized spacial score (nSPS) is 10.7. The molecule has 0 radical (unpaired) electrons. The number of para-hydroxylation sites is 1. The molecule has 0 saturated carbocycles. The lowest BCUT2D eigenvalue weighted by Crippen LogP contribution is -2.82. The number of quaternary nitrogens is 1. The second-order valence-electron chi connectivity index (χ2n) is 6.28. The molecule has 0 fully saturated rings. The highest BCUT2D eigenvalue weighted by Gasteiger charge is 2.09. The van der Waals surface area contributed by atoms with E-state index < -0.39 is 0 Å². The molecule has 0 saturated heterocycles. The third kappa shape index (κ3) is 6.07. The minimum absolute atomic E-state index is 0.465. The fraction of sp³-hybridized carbons (Fsp3) is 0.286. The molecule has 1 aromatic heterocycles. The minimum atomic E-state index is 0.465. The fourth-order valence-electron chi connectivity index (χ4n) is 2.77. The first kappa shape index (κ1) is 20.9. The van der Waals surface area contributed by atoms with Crippen LogP contribution in [0, 0.1) is 0 Å². The first-order valence-electron chi connectivity index (χ1n) is 9.50. The van der Waals surface area contributed by atoms with Crippen LogP contribution in [0.2, 0.25) is 0 Å². The van der Waals surface area contributed by atoms with Crippen molar-refractivity contribution in [2.24, 2.45) is 0 Å². The zero-order valence-corrected chi connectivity index (χ0v) is 17.3. The van der Waals surface area contributed by atoms with E-state index in [4.69, 9.17) is 9.47 Å². The molecule has 29 heavy (non-hydrogen) atoms. The summed E-state index contributed by atoms with van der Waals surface area (Å²) in [4.78, 5) is 0. The maximum absolute atomic E-state index is 5.59. The van der Waals surface area contributed by atoms with Gasteiger partial charge in [-0.1, -0.05) is 42.6 Å². The van der Waals surface area contributed by atoms with E-state index in [1.807, 2.05) is 42.5 Å². The number of nitrogens with zero attached hydrogens (tertiary/aromatic N) is 4. The van der Waals surface area contributed by atoms with Gasteiger partial charge in [-0.05, 0) is 40.8 Å². The van der Waals surface area contributed by atoms with Gasteiger partial charge in [-0.3, -0.25) is 0 Å². The molecule has 0 unspecified atom stereocenters. The summed E-state index contributed by atoms with van der Waals surface area (Å²) in [6.07, 6.45) is 2.78. The van der Waals surface area contributed by atoms with Crippen molar-refractivity contribution in [2.75, 3.05) is 26.0 Å². The van der Waals surface area contributed by atoms with Crippen molar-refractivity contribution in [1.29, 1.82) is 0 Å². The van der Waals surface area contributed by atoms with E-state index in [9.17, 15) is 0 Å². The van der Waals surface area contributed by atoms with Gasteiger partial charge in [0.25, 0.3) is 0 Å². The predicted octanol–water partition coefficient (Wildman–Crippen LogP) is 2.48. The van der Waals surface area contributed by atoms with Gasteiger partial charge in [0, 0.05) is 17.7 Å². The van der Waals surface area contributed by atoms with Crippen molar-refractivity contribution in [3.05, 3.63) is 66.7 Å². The Kier molecular flexibility index (Phi) is 8.09. The lowest BCUT2D eigenvalue weighted by Gasteiger charge is -2.10. The second-order valence-corrected chi connectivity index (χ2v) is 7.34. The molecule has 3 rings (SSSR count). The smallest absolute Gasteiger partial charge is 0.214 e. The van der Waals surface area contributed by atoms with Crippen LogP contribution in [0.25, 0.3) is 5.69 Å². The third-order valence-electron chi connectivity index (χ3n) is 4.19. The Morgan fingerprint density at radius 2 is 2.03 bits per heavy atom. The van der Waals surface area contributed by atoms with Crippen LogP contribution in [0.5, 0.6) is 11.5 Å². The molecule has 7 nitrogen and oxygen atoms in total. The molecule has 0 aliphatic rings. The maximum atomic E-state index is 5.59. The van der Waals surface area contributed by atoms with Crippen LogP contribution in [0.4, 0.5) is 0 Å². The maximum Gasteiger partial charge on any atom is 0.214 e. The Hall–Kier alpha value is -2.84. The molecule has 8 heteroatoms. The molecule has 0 aliphatic heterocycles. The van der Waals surface area contributed by atoms with Crippen molar-refractivity contribution in [3.8, 4) is 17.2 Å².